The minimum absolute atomic E-state index is 0.145. The molecule has 2 fully saturated rings. The van der Waals surface area contributed by atoms with Crippen molar-refractivity contribution in [3.8, 4) is 0 Å². The molecule has 5 heteroatoms. The van der Waals surface area contributed by atoms with Gasteiger partial charge in [-0.2, -0.15) is 11.8 Å². The van der Waals surface area contributed by atoms with Crippen LogP contribution in [0.3, 0.4) is 0 Å². The smallest absolute Gasteiger partial charge is 0.226 e. The van der Waals surface area contributed by atoms with E-state index >= 15 is 0 Å². The highest BCUT2D eigenvalue weighted by atomic mass is 32.2. The number of ether oxygens (including phenoxy) is 1. The Balaban J connectivity index is 1.97. The van der Waals surface area contributed by atoms with Crippen molar-refractivity contribution in [3.63, 3.8) is 0 Å². The first-order valence-electron chi connectivity index (χ1n) is 7.35. The molecule has 2 aliphatic rings. The van der Waals surface area contributed by atoms with Crippen LogP contribution in [0.1, 0.15) is 32.1 Å². The molecule has 1 heterocycles. The zero-order valence-corrected chi connectivity index (χ0v) is 12.7. The van der Waals surface area contributed by atoms with E-state index < -0.39 is 0 Å². The lowest BCUT2D eigenvalue weighted by molar-refractivity contribution is -0.139. The van der Waals surface area contributed by atoms with E-state index in [1.807, 2.05) is 11.8 Å². The van der Waals surface area contributed by atoms with Crippen LogP contribution in [0.15, 0.2) is 0 Å². The highest BCUT2D eigenvalue weighted by molar-refractivity contribution is 7.99. The second-order valence-electron chi connectivity index (χ2n) is 5.67. The maximum atomic E-state index is 12.7. The summed E-state index contributed by atoms with van der Waals surface area (Å²) in [5.41, 5.74) is 6.02. The highest BCUT2D eigenvalue weighted by Gasteiger charge is 2.33. The fourth-order valence-corrected chi connectivity index (χ4v) is 4.34. The number of amides is 1. The Bertz CT molecular complexity index is 295. The molecule has 1 saturated heterocycles. The molecule has 0 spiro atoms. The number of hydrogen-bond acceptors (Lipinski definition) is 4. The maximum absolute atomic E-state index is 12.7. The third-order valence-corrected chi connectivity index (χ3v) is 5.37. The largest absolute Gasteiger partial charge is 0.383 e. The van der Waals surface area contributed by atoms with E-state index in [4.69, 9.17) is 10.5 Å². The SMILES string of the molecule is COCCN(C(=O)C1CCCC(N)C1)C1CCSC1. The van der Waals surface area contributed by atoms with Gasteiger partial charge in [-0.3, -0.25) is 4.79 Å². The van der Waals surface area contributed by atoms with Gasteiger partial charge in [0.25, 0.3) is 0 Å². The fourth-order valence-electron chi connectivity index (χ4n) is 3.12. The molecule has 0 aromatic rings. The van der Waals surface area contributed by atoms with Gasteiger partial charge in [-0.05, 0) is 31.4 Å². The zero-order valence-electron chi connectivity index (χ0n) is 11.8. The summed E-state index contributed by atoms with van der Waals surface area (Å²) in [5.74, 6) is 2.71. The fraction of sp³-hybridized carbons (Fsp3) is 0.929. The number of carbonyl (C=O) groups is 1. The van der Waals surface area contributed by atoms with Crippen LogP contribution < -0.4 is 5.73 Å². The summed E-state index contributed by atoms with van der Waals surface area (Å²) in [6, 6.07) is 0.621. The molecule has 3 unspecified atom stereocenters. The van der Waals surface area contributed by atoms with Gasteiger partial charge in [-0.1, -0.05) is 6.42 Å². The van der Waals surface area contributed by atoms with Gasteiger partial charge < -0.3 is 15.4 Å². The summed E-state index contributed by atoms with van der Waals surface area (Å²) in [6.45, 7) is 1.36. The molecule has 1 aliphatic carbocycles. The predicted molar refractivity (Wildman–Crippen MR) is 79.3 cm³/mol. The maximum Gasteiger partial charge on any atom is 0.226 e. The average Bonchev–Trinajstić information content (AvgIpc) is 2.93. The van der Waals surface area contributed by atoms with E-state index in [2.05, 4.69) is 4.90 Å². The van der Waals surface area contributed by atoms with Crippen LogP contribution in [0.5, 0.6) is 0 Å². The lowest BCUT2D eigenvalue weighted by atomic mass is 9.85. The van der Waals surface area contributed by atoms with E-state index in [0.29, 0.717) is 18.6 Å². The Morgan fingerprint density at radius 3 is 2.89 bits per heavy atom. The first-order chi connectivity index (χ1) is 9.22. The zero-order chi connectivity index (χ0) is 13.7. The molecule has 1 saturated carbocycles. The molecule has 110 valence electrons. The molecule has 0 aromatic heterocycles. The Kier molecular flexibility index (Phi) is 5.98. The molecule has 19 heavy (non-hydrogen) atoms. The van der Waals surface area contributed by atoms with E-state index in [1.165, 1.54) is 5.75 Å². The van der Waals surface area contributed by atoms with Crippen LogP contribution in [0, 0.1) is 5.92 Å². The van der Waals surface area contributed by atoms with E-state index in [1.54, 1.807) is 7.11 Å². The van der Waals surface area contributed by atoms with E-state index in [-0.39, 0.29) is 12.0 Å². The van der Waals surface area contributed by atoms with Gasteiger partial charge in [-0.15, -0.1) is 0 Å². The van der Waals surface area contributed by atoms with Gasteiger partial charge in [0.2, 0.25) is 5.91 Å². The topological polar surface area (TPSA) is 55.6 Å². The van der Waals surface area contributed by atoms with Gasteiger partial charge in [0.1, 0.15) is 0 Å². The molecule has 0 aromatic carbocycles. The van der Waals surface area contributed by atoms with Crippen LogP contribution >= 0.6 is 11.8 Å². The van der Waals surface area contributed by atoms with Crippen molar-refractivity contribution in [2.75, 3.05) is 31.8 Å². The molecule has 2 rings (SSSR count). The third kappa shape index (κ3) is 4.10. The van der Waals surface area contributed by atoms with Crippen molar-refractivity contribution in [1.29, 1.82) is 0 Å². The van der Waals surface area contributed by atoms with Crippen molar-refractivity contribution in [2.24, 2.45) is 11.7 Å². The highest BCUT2D eigenvalue weighted by Crippen LogP contribution is 2.28. The Morgan fingerprint density at radius 1 is 1.42 bits per heavy atom. The van der Waals surface area contributed by atoms with Gasteiger partial charge >= 0.3 is 0 Å². The Labute approximate surface area is 120 Å². The third-order valence-electron chi connectivity index (χ3n) is 4.23. The van der Waals surface area contributed by atoms with Gasteiger partial charge in [0.15, 0.2) is 0 Å². The summed E-state index contributed by atoms with van der Waals surface area (Å²) in [7, 11) is 1.70. The van der Waals surface area contributed by atoms with Crippen LogP contribution in [0.2, 0.25) is 0 Å². The minimum atomic E-state index is 0.145. The Morgan fingerprint density at radius 2 is 2.26 bits per heavy atom. The number of rotatable bonds is 5. The number of thioether (sulfide) groups is 1. The van der Waals surface area contributed by atoms with E-state index in [0.717, 1.165) is 44.4 Å². The quantitative estimate of drug-likeness (QED) is 0.832. The second-order valence-corrected chi connectivity index (χ2v) is 6.82. The molecule has 3 atom stereocenters. The number of methoxy groups -OCH3 is 1. The van der Waals surface area contributed by atoms with Crippen LogP contribution in [-0.2, 0) is 9.53 Å². The first kappa shape index (κ1) is 15.1. The van der Waals surface area contributed by atoms with Crippen LogP contribution in [0.4, 0.5) is 0 Å². The number of nitrogens with zero attached hydrogens (tertiary/aromatic N) is 1. The summed E-state index contributed by atoms with van der Waals surface area (Å²) < 4.78 is 5.17. The molecule has 1 aliphatic heterocycles. The Hall–Kier alpha value is -0.260. The lowest BCUT2D eigenvalue weighted by Gasteiger charge is -2.34. The molecule has 0 radical (unpaired) electrons. The van der Waals surface area contributed by atoms with Crippen molar-refractivity contribution < 1.29 is 9.53 Å². The van der Waals surface area contributed by atoms with Crippen molar-refractivity contribution in [1.82, 2.24) is 4.90 Å². The first-order valence-corrected chi connectivity index (χ1v) is 8.50. The molecular weight excluding hydrogens is 260 g/mol. The number of hydrogen-bond donors (Lipinski definition) is 1. The summed E-state index contributed by atoms with van der Waals surface area (Å²) >= 11 is 1.95. The van der Waals surface area contributed by atoms with Crippen LogP contribution in [-0.4, -0.2) is 54.7 Å². The van der Waals surface area contributed by atoms with E-state index in [9.17, 15) is 4.79 Å². The van der Waals surface area contributed by atoms with Crippen molar-refractivity contribution in [2.45, 2.75) is 44.2 Å². The summed E-state index contributed by atoms with van der Waals surface area (Å²) in [6.07, 6.45) is 5.16. The monoisotopic (exact) mass is 286 g/mol. The summed E-state index contributed by atoms with van der Waals surface area (Å²) in [4.78, 5) is 14.8. The molecular formula is C14H26N2O2S. The normalized spacial score (nSPS) is 31.4. The van der Waals surface area contributed by atoms with Crippen molar-refractivity contribution >= 4 is 17.7 Å². The second kappa shape index (κ2) is 7.50. The molecule has 4 nitrogen and oxygen atoms in total. The average molecular weight is 286 g/mol. The number of nitrogens with two attached hydrogens (primary N) is 1. The predicted octanol–water partition coefficient (Wildman–Crippen LogP) is 1.48. The molecule has 2 N–H and O–H groups in total. The van der Waals surface area contributed by atoms with Crippen molar-refractivity contribution in [3.05, 3.63) is 0 Å². The molecule has 1 amide bonds. The minimum Gasteiger partial charge on any atom is -0.383 e. The molecule has 0 bridgehead atoms. The standard InChI is InChI=1S/C14H26N2O2S/c1-18-7-6-16(13-5-8-19-10-13)14(17)11-3-2-4-12(15)9-11/h11-13H,2-10,15H2,1H3. The van der Waals surface area contributed by atoms with Gasteiger partial charge in [-0.25, -0.2) is 0 Å². The van der Waals surface area contributed by atoms with Crippen LogP contribution in [0.25, 0.3) is 0 Å². The summed E-state index contributed by atoms with van der Waals surface area (Å²) in [5, 5.41) is 0. The van der Waals surface area contributed by atoms with Gasteiger partial charge in [0, 0.05) is 37.4 Å². The lowest BCUT2D eigenvalue weighted by Crippen LogP contribution is -2.47. The van der Waals surface area contributed by atoms with Gasteiger partial charge in [0.05, 0.1) is 6.61 Å². The number of carbonyl (C=O) groups excluding carboxylic acids is 1.